The van der Waals surface area contributed by atoms with Crippen molar-refractivity contribution in [3.63, 3.8) is 0 Å². The van der Waals surface area contributed by atoms with E-state index in [0.717, 1.165) is 32.1 Å². The standard InChI is InChI=1S/C26H36O8/c1-15(2)23(29)31-17(5)7-21(27)33-25-10-19-9-20(11-25)13-26(12-19,14-25)34-22(28)8-18(6)32-24(30)16(3)4/h17-20H,1,3,7-14H2,2,4-6H3. The maximum absolute atomic E-state index is 12.7. The average Bonchev–Trinajstić information content (AvgIpc) is 2.64. The highest BCUT2D eigenvalue weighted by atomic mass is 16.6. The fourth-order valence-corrected chi connectivity index (χ4v) is 6.02. The van der Waals surface area contributed by atoms with Crippen LogP contribution in [0.5, 0.6) is 0 Å². The van der Waals surface area contributed by atoms with Crippen molar-refractivity contribution in [1.29, 1.82) is 0 Å². The van der Waals surface area contributed by atoms with Gasteiger partial charge in [-0.15, -0.1) is 0 Å². The molecule has 0 aliphatic heterocycles. The average molecular weight is 477 g/mol. The van der Waals surface area contributed by atoms with Crippen molar-refractivity contribution in [1.82, 2.24) is 0 Å². The van der Waals surface area contributed by atoms with Crippen LogP contribution in [0.1, 0.15) is 79.1 Å². The van der Waals surface area contributed by atoms with Crippen LogP contribution in [0.25, 0.3) is 0 Å². The topological polar surface area (TPSA) is 105 Å². The van der Waals surface area contributed by atoms with E-state index < -0.39 is 47.3 Å². The monoisotopic (exact) mass is 476 g/mol. The van der Waals surface area contributed by atoms with Crippen molar-refractivity contribution in [3.05, 3.63) is 24.3 Å². The molecule has 8 heteroatoms. The van der Waals surface area contributed by atoms with Gasteiger partial charge < -0.3 is 18.9 Å². The molecule has 188 valence electrons. The van der Waals surface area contributed by atoms with E-state index in [4.69, 9.17) is 18.9 Å². The number of hydrogen-bond donors (Lipinski definition) is 0. The van der Waals surface area contributed by atoms with Crippen LogP contribution in [0, 0.1) is 11.8 Å². The molecule has 34 heavy (non-hydrogen) atoms. The van der Waals surface area contributed by atoms with Crippen LogP contribution >= 0.6 is 0 Å². The molecule has 4 fully saturated rings. The number of carbonyl (C=O) groups excluding carboxylic acids is 4. The van der Waals surface area contributed by atoms with Crippen molar-refractivity contribution < 1.29 is 38.1 Å². The van der Waals surface area contributed by atoms with Gasteiger partial charge in [-0.2, -0.15) is 0 Å². The Morgan fingerprint density at radius 1 is 0.765 bits per heavy atom. The minimum Gasteiger partial charge on any atom is -0.459 e. The number of hydrogen-bond acceptors (Lipinski definition) is 8. The third kappa shape index (κ3) is 6.27. The van der Waals surface area contributed by atoms with Crippen molar-refractivity contribution in [3.8, 4) is 0 Å². The molecule has 4 bridgehead atoms. The maximum Gasteiger partial charge on any atom is 0.333 e. The fraction of sp³-hybridized carbons (Fsp3) is 0.692. The number of esters is 4. The second-order valence-corrected chi connectivity index (χ2v) is 10.7. The van der Waals surface area contributed by atoms with E-state index in [1.54, 1.807) is 27.7 Å². The van der Waals surface area contributed by atoms with Gasteiger partial charge >= 0.3 is 23.9 Å². The fourth-order valence-electron chi connectivity index (χ4n) is 6.02. The summed E-state index contributed by atoms with van der Waals surface area (Å²) in [4.78, 5) is 48.8. The zero-order valence-corrected chi connectivity index (χ0v) is 20.6. The van der Waals surface area contributed by atoms with Gasteiger partial charge in [0.15, 0.2) is 0 Å². The number of carbonyl (C=O) groups is 4. The summed E-state index contributed by atoms with van der Waals surface area (Å²) >= 11 is 0. The summed E-state index contributed by atoms with van der Waals surface area (Å²) in [5.41, 5.74) is -0.794. The van der Waals surface area contributed by atoms with Gasteiger partial charge in [0.25, 0.3) is 0 Å². The van der Waals surface area contributed by atoms with E-state index in [2.05, 4.69) is 13.2 Å². The second-order valence-electron chi connectivity index (χ2n) is 10.7. The lowest BCUT2D eigenvalue weighted by Crippen LogP contribution is -2.62. The summed E-state index contributed by atoms with van der Waals surface area (Å²) < 4.78 is 22.4. The Bertz CT molecular complexity index is 805. The maximum atomic E-state index is 12.7. The van der Waals surface area contributed by atoms with Crippen LogP contribution in [0.15, 0.2) is 24.3 Å². The lowest BCUT2D eigenvalue weighted by Gasteiger charge is -2.60. The molecule has 4 saturated carbocycles. The first-order chi connectivity index (χ1) is 15.8. The van der Waals surface area contributed by atoms with Gasteiger partial charge in [0.1, 0.15) is 23.4 Å². The van der Waals surface area contributed by atoms with Crippen LogP contribution in [0.3, 0.4) is 0 Å². The summed E-state index contributed by atoms with van der Waals surface area (Å²) in [7, 11) is 0. The lowest BCUT2D eigenvalue weighted by molar-refractivity contribution is -0.232. The van der Waals surface area contributed by atoms with Gasteiger partial charge in [0.05, 0.1) is 12.8 Å². The first-order valence-electron chi connectivity index (χ1n) is 12.0. The summed E-state index contributed by atoms with van der Waals surface area (Å²) in [5, 5.41) is 0. The van der Waals surface area contributed by atoms with Gasteiger partial charge in [-0.1, -0.05) is 13.2 Å². The third-order valence-electron chi connectivity index (χ3n) is 6.84. The molecular weight excluding hydrogens is 440 g/mol. The van der Waals surface area contributed by atoms with E-state index in [1.807, 2.05) is 0 Å². The second kappa shape index (κ2) is 9.92. The molecule has 0 spiro atoms. The van der Waals surface area contributed by atoms with E-state index in [1.165, 1.54) is 0 Å². The molecule has 4 rings (SSSR count). The van der Waals surface area contributed by atoms with Crippen LogP contribution in [-0.4, -0.2) is 47.3 Å². The molecule has 0 radical (unpaired) electrons. The molecule has 2 atom stereocenters. The van der Waals surface area contributed by atoms with Crippen LogP contribution in [0.4, 0.5) is 0 Å². The Labute approximate surface area is 201 Å². The van der Waals surface area contributed by atoms with Gasteiger partial charge in [0, 0.05) is 17.6 Å². The quantitative estimate of drug-likeness (QED) is 0.265. The van der Waals surface area contributed by atoms with Gasteiger partial charge in [-0.3, -0.25) is 9.59 Å². The Morgan fingerprint density at radius 3 is 1.44 bits per heavy atom. The van der Waals surface area contributed by atoms with E-state index in [0.29, 0.717) is 18.3 Å². The molecular formula is C26H36O8. The summed E-state index contributed by atoms with van der Waals surface area (Å²) in [6, 6.07) is 0. The normalized spacial score (nSPS) is 30.6. The van der Waals surface area contributed by atoms with E-state index >= 15 is 0 Å². The minimum absolute atomic E-state index is 0.0471. The molecule has 0 aromatic heterocycles. The lowest BCUT2D eigenvalue weighted by atomic mass is 9.52. The molecule has 0 aromatic carbocycles. The first-order valence-corrected chi connectivity index (χ1v) is 12.0. The molecule has 0 heterocycles. The van der Waals surface area contributed by atoms with Crippen molar-refractivity contribution >= 4 is 23.9 Å². The number of rotatable bonds is 10. The molecule has 4 aliphatic rings. The minimum atomic E-state index is -0.669. The highest BCUT2D eigenvalue weighted by Crippen LogP contribution is 2.60. The van der Waals surface area contributed by atoms with Crippen molar-refractivity contribution in [2.75, 3.05) is 0 Å². The zero-order chi connectivity index (χ0) is 25.3. The van der Waals surface area contributed by atoms with Crippen LogP contribution in [-0.2, 0) is 38.1 Å². The zero-order valence-electron chi connectivity index (χ0n) is 20.6. The highest BCUT2D eigenvalue weighted by Gasteiger charge is 2.61. The molecule has 0 amide bonds. The molecule has 0 N–H and O–H groups in total. The molecule has 8 nitrogen and oxygen atoms in total. The van der Waals surface area contributed by atoms with E-state index in [-0.39, 0.29) is 24.0 Å². The molecule has 4 aliphatic carbocycles. The van der Waals surface area contributed by atoms with E-state index in [9.17, 15) is 19.2 Å². The predicted molar refractivity (Wildman–Crippen MR) is 122 cm³/mol. The van der Waals surface area contributed by atoms with Crippen molar-refractivity contribution in [2.45, 2.75) is 102 Å². The van der Waals surface area contributed by atoms with Crippen LogP contribution < -0.4 is 0 Å². The number of ether oxygens (including phenoxy) is 4. The largest absolute Gasteiger partial charge is 0.459 e. The first kappa shape index (κ1) is 26.0. The summed E-state index contributed by atoms with van der Waals surface area (Å²) in [6.45, 7) is 13.5. The molecule has 0 saturated heterocycles. The third-order valence-corrected chi connectivity index (χ3v) is 6.84. The Balaban J connectivity index is 1.60. The summed E-state index contributed by atoms with van der Waals surface area (Å²) in [5.74, 6) is -1.29. The Hall–Kier alpha value is -2.64. The van der Waals surface area contributed by atoms with Gasteiger partial charge in [-0.05, 0) is 71.6 Å². The summed E-state index contributed by atoms with van der Waals surface area (Å²) in [6.07, 6.45) is 3.16. The van der Waals surface area contributed by atoms with Gasteiger partial charge in [0.2, 0.25) is 0 Å². The smallest absolute Gasteiger partial charge is 0.333 e. The van der Waals surface area contributed by atoms with Crippen molar-refractivity contribution in [2.24, 2.45) is 11.8 Å². The Kier molecular flexibility index (Phi) is 7.58. The SMILES string of the molecule is C=C(C)C(=O)OC(C)CC(=O)OC12CC3CC(C1)CC(OC(=O)CC(C)OC(=O)C(=C)C)(C3)C2. The Morgan fingerprint density at radius 2 is 1.12 bits per heavy atom. The predicted octanol–water partition coefficient (Wildman–Crippen LogP) is 3.96. The van der Waals surface area contributed by atoms with Crippen LogP contribution in [0.2, 0.25) is 0 Å². The molecule has 0 aromatic rings. The highest BCUT2D eigenvalue weighted by molar-refractivity contribution is 5.87. The van der Waals surface area contributed by atoms with Gasteiger partial charge in [-0.25, -0.2) is 9.59 Å². The molecule has 2 unspecified atom stereocenters.